The molecule has 0 aromatic heterocycles. The lowest BCUT2D eigenvalue weighted by molar-refractivity contribution is 0.718. The van der Waals surface area contributed by atoms with Gasteiger partial charge in [-0.25, -0.2) is 0 Å². The lowest BCUT2D eigenvalue weighted by atomic mass is 9.91. The van der Waals surface area contributed by atoms with Gasteiger partial charge >= 0.3 is 0 Å². The molecule has 0 nitrogen and oxygen atoms in total. The van der Waals surface area contributed by atoms with Crippen LogP contribution in [0.5, 0.6) is 0 Å². The van der Waals surface area contributed by atoms with E-state index < -0.39 is 0 Å². The second-order valence-electron chi connectivity index (χ2n) is 11.8. The molecule has 0 heterocycles. The van der Waals surface area contributed by atoms with E-state index in [1.165, 1.54) is 127 Å². The molecule has 0 radical (unpaired) electrons. The van der Waals surface area contributed by atoms with Crippen LogP contribution in [0.4, 0.5) is 0 Å². The van der Waals surface area contributed by atoms with E-state index in [4.69, 9.17) is 0 Å². The van der Waals surface area contributed by atoms with Crippen molar-refractivity contribution >= 4 is 64.6 Å². The van der Waals surface area contributed by atoms with E-state index in [2.05, 4.69) is 111 Å². The highest BCUT2D eigenvalue weighted by Crippen LogP contribution is 2.37. The molecule has 0 saturated heterocycles. The Morgan fingerprint density at radius 1 is 0.325 bits per heavy atom. The van der Waals surface area contributed by atoms with Gasteiger partial charge in [0, 0.05) is 0 Å². The first-order valence-corrected chi connectivity index (χ1v) is 15.4. The zero-order valence-corrected chi connectivity index (χ0v) is 23.9. The number of benzene rings is 7. The van der Waals surface area contributed by atoms with E-state index in [1.54, 1.807) is 0 Å². The minimum atomic E-state index is 1.18. The maximum atomic E-state index is 2.42. The molecule has 0 N–H and O–H groups in total. The number of hydrogen-bond acceptors (Lipinski definition) is 0. The third-order valence-corrected chi connectivity index (χ3v) is 9.05. The maximum absolute atomic E-state index is 2.42. The van der Waals surface area contributed by atoms with Crippen LogP contribution in [0, 0.1) is 0 Å². The fourth-order valence-corrected chi connectivity index (χ4v) is 6.83. The second kappa shape index (κ2) is 10.6. The first-order chi connectivity index (χ1) is 19.7. The van der Waals surface area contributed by atoms with Crippen LogP contribution in [0.3, 0.4) is 0 Å². The Morgan fingerprint density at radius 2 is 0.675 bits per heavy atom. The molecule has 0 aliphatic carbocycles. The Labute approximate surface area is 237 Å². The molecule has 198 valence electrons. The highest BCUT2D eigenvalue weighted by atomic mass is 14.1. The average molecular weight is 519 g/mol. The van der Waals surface area contributed by atoms with E-state index >= 15 is 0 Å². The smallest absolute Gasteiger partial charge is 0.00987 e. The molecule has 7 aromatic rings. The Hall–Kier alpha value is -3.90. The summed E-state index contributed by atoms with van der Waals surface area (Å²) in [5.41, 5.74) is 2.92. The largest absolute Gasteiger partial charge is 0.0654 e. The molecule has 0 heteroatoms. The molecule has 0 fully saturated rings. The number of aryl methyl sites for hydroxylation is 2. The summed E-state index contributed by atoms with van der Waals surface area (Å²) in [7, 11) is 0. The van der Waals surface area contributed by atoms with Gasteiger partial charge in [0.25, 0.3) is 0 Å². The lowest BCUT2D eigenvalue weighted by Gasteiger charge is -2.13. The molecule has 40 heavy (non-hydrogen) atoms. The van der Waals surface area contributed by atoms with Crippen LogP contribution < -0.4 is 0 Å². The number of fused-ring (bicyclic) bond motifs is 10. The number of unbranched alkanes of at least 4 members (excludes halogenated alkanes) is 4. The van der Waals surface area contributed by atoms with Crippen molar-refractivity contribution in [3.05, 3.63) is 108 Å². The van der Waals surface area contributed by atoms with Crippen molar-refractivity contribution in [1.82, 2.24) is 0 Å². The van der Waals surface area contributed by atoms with Gasteiger partial charge in [-0.05, 0) is 114 Å². The Morgan fingerprint density at radius 3 is 1.07 bits per heavy atom. The minimum absolute atomic E-state index is 1.18. The minimum Gasteiger partial charge on any atom is -0.0654 e. The summed E-state index contributed by atoms with van der Waals surface area (Å²) in [4.78, 5) is 0. The van der Waals surface area contributed by atoms with Crippen LogP contribution in [0.15, 0.2) is 97.1 Å². The van der Waals surface area contributed by atoms with Crippen LogP contribution >= 0.6 is 0 Å². The van der Waals surface area contributed by atoms with E-state index in [-0.39, 0.29) is 0 Å². The highest BCUT2D eigenvalue weighted by molar-refractivity contribution is 6.23. The summed E-state index contributed by atoms with van der Waals surface area (Å²) in [5.74, 6) is 0. The molecule has 0 aliphatic rings. The standard InChI is InChI=1S/C40H38/c1-3-5-7-9-27-11-17-33-29(23-27)13-21-37-35(33)19-15-31-26-40-32(25-39(31)37)16-20-36-34-18-12-28(10-8-6-4-2)24-30(34)14-22-38(36)40/h11-26H,3-10H2,1-2H3. The summed E-state index contributed by atoms with van der Waals surface area (Å²) in [6, 6.07) is 37.7. The fraction of sp³-hybridized carbons (Fsp3) is 0.250. The summed E-state index contributed by atoms with van der Waals surface area (Å²) in [6.45, 7) is 4.55. The molecule has 7 rings (SSSR count). The van der Waals surface area contributed by atoms with Gasteiger partial charge in [-0.2, -0.15) is 0 Å². The van der Waals surface area contributed by atoms with Gasteiger partial charge < -0.3 is 0 Å². The van der Waals surface area contributed by atoms with Crippen LogP contribution in [-0.4, -0.2) is 0 Å². The van der Waals surface area contributed by atoms with Crippen LogP contribution in [0.2, 0.25) is 0 Å². The van der Waals surface area contributed by atoms with E-state index in [9.17, 15) is 0 Å². The van der Waals surface area contributed by atoms with Gasteiger partial charge in [-0.1, -0.05) is 124 Å². The highest BCUT2D eigenvalue weighted by Gasteiger charge is 2.10. The molecular weight excluding hydrogens is 480 g/mol. The van der Waals surface area contributed by atoms with Crippen molar-refractivity contribution in [3.8, 4) is 0 Å². The lowest BCUT2D eigenvalue weighted by Crippen LogP contribution is -1.88. The number of hydrogen-bond donors (Lipinski definition) is 0. The molecule has 0 aliphatic heterocycles. The molecule has 0 amide bonds. The van der Waals surface area contributed by atoms with Crippen molar-refractivity contribution in [2.45, 2.75) is 65.2 Å². The molecule has 0 unspecified atom stereocenters. The normalized spacial score (nSPS) is 12.1. The predicted octanol–water partition coefficient (Wildman–Crippen LogP) is 12.1. The molecular formula is C40H38. The molecule has 0 atom stereocenters. The van der Waals surface area contributed by atoms with Crippen LogP contribution in [-0.2, 0) is 12.8 Å². The SMILES string of the molecule is CCCCCc1ccc2c(ccc3c4cc5ccc6c7ccc(CCCCC)cc7ccc6c5cc4ccc23)c1. The van der Waals surface area contributed by atoms with Gasteiger partial charge in [0.2, 0.25) is 0 Å². The van der Waals surface area contributed by atoms with Gasteiger partial charge in [0.15, 0.2) is 0 Å². The Balaban J connectivity index is 1.33. The summed E-state index contributed by atoms with van der Waals surface area (Å²) in [5, 5.41) is 16.1. The summed E-state index contributed by atoms with van der Waals surface area (Å²) in [6.07, 6.45) is 10.1. The monoisotopic (exact) mass is 518 g/mol. The van der Waals surface area contributed by atoms with Crippen LogP contribution in [0.1, 0.15) is 63.5 Å². The third kappa shape index (κ3) is 4.40. The van der Waals surface area contributed by atoms with Crippen molar-refractivity contribution in [3.63, 3.8) is 0 Å². The van der Waals surface area contributed by atoms with Gasteiger partial charge in [-0.15, -0.1) is 0 Å². The molecule has 0 spiro atoms. The zero-order valence-electron chi connectivity index (χ0n) is 23.9. The summed E-state index contributed by atoms with van der Waals surface area (Å²) < 4.78 is 0. The van der Waals surface area contributed by atoms with Gasteiger partial charge in [0.1, 0.15) is 0 Å². The average Bonchev–Trinajstić information content (AvgIpc) is 2.99. The first kappa shape index (κ1) is 25.1. The maximum Gasteiger partial charge on any atom is -0.00987 e. The Bertz CT molecular complexity index is 1880. The summed E-state index contributed by atoms with van der Waals surface area (Å²) >= 11 is 0. The van der Waals surface area contributed by atoms with Crippen LogP contribution in [0.25, 0.3) is 64.6 Å². The van der Waals surface area contributed by atoms with Gasteiger partial charge in [0.05, 0.1) is 0 Å². The number of rotatable bonds is 8. The van der Waals surface area contributed by atoms with E-state index in [0.717, 1.165) is 0 Å². The molecule has 0 bridgehead atoms. The zero-order chi connectivity index (χ0) is 27.1. The van der Waals surface area contributed by atoms with Gasteiger partial charge in [-0.3, -0.25) is 0 Å². The first-order valence-electron chi connectivity index (χ1n) is 15.4. The fourth-order valence-electron chi connectivity index (χ4n) is 6.83. The Kier molecular flexibility index (Phi) is 6.64. The van der Waals surface area contributed by atoms with E-state index in [1.807, 2.05) is 0 Å². The second-order valence-corrected chi connectivity index (χ2v) is 11.8. The quantitative estimate of drug-likeness (QED) is 0.107. The topological polar surface area (TPSA) is 0 Å². The predicted molar refractivity (Wildman–Crippen MR) is 178 cm³/mol. The van der Waals surface area contributed by atoms with E-state index in [0.29, 0.717) is 0 Å². The van der Waals surface area contributed by atoms with Crippen molar-refractivity contribution < 1.29 is 0 Å². The van der Waals surface area contributed by atoms with Crippen molar-refractivity contribution in [2.75, 3.05) is 0 Å². The third-order valence-electron chi connectivity index (χ3n) is 9.05. The van der Waals surface area contributed by atoms with Crippen molar-refractivity contribution in [2.24, 2.45) is 0 Å². The molecule has 0 saturated carbocycles. The van der Waals surface area contributed by atoms with Crippen molar-refractivity contribution in [1.29, 1.82) is 0 Å². The molecule has 7 aromatic carbocycles.